The van der Waals surface area contributed by atoms with Gasteiger partial charge in [0.15, 0.2) is 0 Å². The third kappa shape index (κ3) is 2.02. The summed E-state index contributed by atoms with van der Waals surface area (Å²) < 4.78 is 0. The molecule has 0 radical (unpaired) electrons. The second-order valence-corrected chi connectivity index (χ2v) is 6.37. The van der Waals surface area contributed by atoms with Gasteiger partial charge < -0.3 is 10.2 Å². The fourth-order valence-electron chi connectivity index (χ4n) is 3.92. The molecule has 2 saturated carbocycles. The number of fused-ring (bicyclic) bond motifs is 1. The first kappa shape index (κ1) is 12.4. The van der Waals surface area contributed by atoms with Crippen LogP contribution in [0.5, 0.6) is 0 Å². The smallest absolute Gasteiger partial charge is 0.0626 e. The molecule has 2 N–H and O–H groups in total. The molecule has 2 fully saturated rings. The van der Waals surface area contributed by atoms with Crippen LogP contribution in [-0.2, 0) is 0 Å². The molecule has 0 bridgehead atoms. The Morgan fingerprint density at radius 1 is 1.06 bits per heavy atom. The fraction of sp³-hybridized carbons (Fsp3) is 1.00. The number of aliphatic hydroxyl groups excluding tert-OH is 2. The quantitative estimate of drug-likeness (QED) is 0.721. The van der Waals surface area contributed by atoms with Crippen LogP contribution in [0.3, 0.4) is 0 Å². The van der Waals surface area contributed by atoms with Crippen LogP contribution in [0, 0.1) is 29.6 Å². The van der Waals surface area contributed by atoms with E-state index in [1.807, 2.05) is 0 Å². The maximum absolute atomic E-state index is 10.4. The van der Waals surface area contributed by atoms with Gasteiger partial charge in [-0.15, -0.1) is 0 Å². The van der Waals surface area contributed by atoms with Crippen molar-refractivity contribution >= 4 is 0 Å². The van der Waals surface area contributed by atoms with E-state index in [1.54, 1.807) is 0 Å². The summed E-state index contributed by atoms with van der Waals surface area (Å²) in [6.45, 7) is 6.51. The molecule has 2 heteroatoms. The minimum atomic E-state index is -0.286. The molecule has 0 spiro atoms. The van der Waals surface area contributed by atoms with Crippen molar-refractivity contribution in [2.45, 2.75) is 58.7 Å². The van der Waals surface area contributed by atoms with Gasteiger partial charge >= 0.3 is 0 Å². The lowest BCUT2D eigenvalue weighted by molar-refractivity contribution is -0.0257. The number of aliphatic hydroxyl groups is 2. The fourth-order valence-corrected chi connectivity index (χ4v) is 3.92. The van der Waals surface area contributed by atoms with Gasteiger partial charge in [0.2, 0.25) is 0 Å². The highest BCUT2D eigenvalue weighted by molar-refractivity contribution is 4.97. The van der Waals surface area contributed by atoms with Gasteiger partial charge in [0, 0.05) is 5.92 Å². The zero-order valence-corrected chi connectivity index (χ0v) is 10.8. The van der Waals surface area contributed by atoms with Gasteiger partial charge in [-0.2, -0.15) is 0 Å². The Labute approximate surface area is 99.1 Å². The van der Waals surface area contributed by atoms with Crippen molar-refractivity contribution in [1.82, 2.24) is 0 Å². The summed E-state index contributed by atoms with van der Waals surface area (Å²) in [5.41, 5.74) is 0. The van der Waals surface area contributed by atoms with E-state index in [0.29, 0.717) is 23.7 Å². The third-order valence-corrected chi connectivity index (χ3v) is 5.02. The van der Waals surface area contributed by atoms with Gasteiger partial charge in [0.1, 0.15) is 0 Å². The average molecular weight is 226 g/mol. The summed E-state index contributed by atoms with van der Waals surface area (Å²) in [4.78, 5) is 0. The van der Waals surface area contributed by atoms with Crippen molar-refractivity contribution in [3.05, 3.63) is 0 Å². The van der Waals surface area contributed by atoms with Gasteiger partial charge in [-0.1, -0.05) is 27.2 Å². The molecule has 0 saturated heterocycles. The van der Waals surface area contributed by atoms with E-state index in [2.05, 4.69) is 20.8 Å². The molecule has 6 atom stereocenters. The molecule has 2 rings (SSSR count). The zero-order valence-electron chi connectivity index (χ0n) is 10.8. The molecule has 2 nitrogen and oxygen atoms in total. The van der Waals surface area contributed by atoms with Crippen molar-refractivity contribution < 1.29 is 10.2 Å². The summed E-state index contributed by atoms with van der Waals surface area (Å²) in [6.07, 6.45) is 4.09. The molecule has 2 aliphatic rings. The highest BCUT2D eigenvalue weighted by Crippen LogP contribution is 2.47. The average Bonchev–Trinajstić information content (AvgIpc) is 2.47. The van der Waals surface area contributed by atoms with Crippen LogP contribution in [-0.4, -0.2) is 22.4 Å². The molecular weight excluding hydrogens is 200 g/mol. The van der Waals surface area contributed by atoms with Gasteiger partial charge in [-0.25, -0.2) is 0 Å². The molecule has 0 amide bonds. The first-order valence-electron chi connectivity index (χ1n) is 6.88. The predicted octanol–water partition coefficient (Wildman–Crippen LogP) is 2.44. The van der Waals surface area contributed by atoms with E-state index < -0.39 is 0 Å². The lowest BCUT2D eigenvalue weighted by Crippen LogP contribution is -2.37. The zero-order chi connectivity index (χ0) is 11.9. The van der Waals surface area contributed by atoms with Crippen LogP contribution in [0.15, 0.2) is 0 Å². The number of hydrogen-bond acceptors (Lipinski definition) is 2. The standard InChI is InChI=1S/C14H26O2/c1-8(2)11-7-10-6-4-5-9(3)13(15)12(10)14(11)16/h8-16H,4-7H2,1-3H3/t9-,10?,11-,12?,13?,14?/m0/s1. The van der Waals surface area contributed by atoms with E-state index >= 15 is 0 Å². The van der Waals surface area contributed by atoms with E-state index in [1.165, 1.54) is 12.8 Å². The van der Waals surface area contributed by atoms with E-state index in [0.717, 1.165) is 12.8 Å². The second kappa shape index (κ2) is 4.66. The van der Waals surface area contributed by atoms with Crippen molar-refractivity contribution in [2.75, 3.05) is 0 Å². The predicted molar refractivity (Wildman–Crippen MR) is 65.0 cm³/mol. The van der Waals surface area contributed by atoms with Crippen LogP contribution in [0.2, 0.25) is 0 Å². The molecule has 94 valence electrons. The Kier molecular flexibility index (Phi) is 3.60. The van der Waals surface area contributed by atoms with E-state index in [-0.39, 0.29) is 18.1 Å². The Morgan fingerprint density at radius 3 is 2.38 bits per heavy atom. The molecule has 2 aliphatic carbocycles. The summed E-state index contributed by atoms with van der Waals surface area (Å²) in [5.74, 6) is 1.99. The van der Waals surface area contributed by atoms with Crippen LogP contribution < -0.4 is 0 Å². The lowest BCUT2D eigenvalue weighted by Gasteiger charge is -2.29. The molecular formula is C14H26O2. The summed E-state index contributed by atoms with van der Waals surface area (Å²) in [7, 11) is 0. The van der Waals surface area contributed by atoms with Crippen LogP contribution in [0.4, 0.5) is 0 Å². The molecule has 16 heavy (non-hydrogen) atoms. The van der Waals surface area contributed by atoms with E-state index in [4.69, 9.17) is 0 Å². The topological polar surface area (TPSA) is 40.5 Å². The molecule has 0 aromatic rings. The SMILES string of the molecule is CC(C)[C@@H]1CC2CCC[C@H](C)C(O)C2C1O. The largest absolute Gasteiger partial charge is 0.392 e. The normalized spacial score (nSPS) is 49.1. The molecule has 4 unspecified atom stereocenters. The number of hydrogen-bond donors (Lipinski definition) is 2. The minimum absolute atomic E-state index is 0.143. The highest BCUT2D eigenvalue weighted by Gasteiger charge is 2.48. The first-order chi connectivity index (χ1) is 7.52. The number of rotatable bonds is 1. The highest BCUT2D eigenvalue weighted by atomic mass is 16.3. The maximum Gasteiger partial charge on any atom is 0.0626 e. The van der Waals surface area contributed by atoms with Crippen LogP contribution >= 0.6 is 0 Å². The monoisotopic (exact) mass is 226 g/mol. The maximum atomic E-state index is 10.4. The van der Waals surface area contributed by atoms with Crippen molar-refractivity contribution in [3.63, 3.8) is 0 Å². The van der Waals surface area contributed by atoms with Crippen molar-refractivity contribution in [1.29, 1.82) is 0 Å². The Balaban J connectivity index is 2.16. The van der Waals surface area contributed by atoms with Gasteiger partial charge in [0.25, 0.3) is 0 Å². The van der Waals surface area contributed by atoms with Gasteiger partial charge in [0.05, 0.1) is 12.2 Å². The van der Waals surface area contributed by atoms with Gasteiger partial charge in [-0.3, -0.25) is 0 Å². The summed E-state index contributed by atoms with van der Waals surface area (Å²) >= 11 is 0. The van der Waals surface area contributed by atoms with E-state index in [9.17, 15) is 10.2 Å². The molecule has 0 aliphatic heterocycles. The minimum Gasteiger partial charge on any atom is -0.392 e. The molecule has 0 aromatic heterocycles. The molecule has 0 aromatic carbocycles. The van der Waals surface area contributed by atoms with Crippen molar-refractivity contribution in [3.8, 4) is 0 Å². The third-order valence-electron chi connectivity index (χ3n) is 5.02. The van der Waals surface area contributed by atoms with Crippen LogP contribution in [0.25, 0.3) is 0 Å². The Hall–Kier alpha value is -0.0800. The Bertz CT molecular complexity index is 237. The van der Waals surface area contributed by atoms with Crippen molar-refractivity contribution in [2.24, 2.45) is 29.6 Å². The summed E-state index contributed by atoms with van der Waals surface area (Å²) in [5, 5.41) is 20.7. The van der Waals surface area contributed by atoms with Gasteiger partial charge in [-0.05, 0) is 42.9 Å². The first-order valence-corrected chi connectivity index (χ1v) is 6.88. The Morgan fingerprint density at radius 2 is 1.75 bits per heavy atom. The second-order valence-electron chi connectivity index (χ2n) is 6.37. The van der Waals surface area contributed by atoms with Crippen LogP contribution in [0.1, 0.15) is 46.5 Å². The summed E-state index contributed by atoms with van der Waals surface area (Å²) in [6, 6.07) is 0. The molecule has 0 heterocycles. The lowest BCUT2D eigenvalue weighted by atomic mass is 9.84.